The van der Waals surface area contributed by atoms with Crippen molar-refractivity contribution in [3.63, 3.8) is 0 Å². The van der Waals surface area contributed by atoms with E-state index in [-0.39, 0.29) is 11.8 Å². The molecule has 0 saturated carbocycles. The molecule has 1 aromatic carbocycles. The Bertz CT molecular complexity index is 481. The molecule has 5 heteroatoms. The zero-order valence-corrected chi connectivity index (χ0v) is 9.84. The average molecular weight is 234 g/mol. The van der Waals surface area contributed by atoms with E-state index < -0.39 is 4.92 Å². The third-order valence-corrected chi connectivity index (χ3v) is 2.52. The molecule has 1 aromatic rings. The van der Waals surface area contributed by atoms with Crippen molar-refractivity contribution in [2.45, 2.75) is 26.4 Å². The van der Waals surface area contributed by atoms with Crippen molar-refractivity contribution in [2.24, 2.45) is 4.99 Å². The zero-order valence-electron chi connectivity index (χ0n) is 9.84. The van der Waals surface area contributed by atoms with Gasteiger partial charge in [-0.1, -0.05) is 0 Å². The quantitative estimate of drug-likeness (QED) is 0.595. The summed E-state index contributed by atoms with van der Waals surface area (Å²) in [7, 11) is 0. The number of hydrogen-bond donors (Lipinski definition) is 0. The van der Waals surface area contributed by atoms with E-state index in [0.29, 0.717) is 5.75 Å². The summed E-state index contributed by atoms with van der Waals surface area (Å²) in [5, 5.41) is 11.0. The Balaban J connectivity index is 2.49. The van der Waals surface area contributed by atoms with Crippen LogP contribution in [-0.4, -0.2) is 23.8 Å². The number of fused-ring (bicyclic) bond motifs is 1. The lowest BCUT2D eigenvalue weighted by Crippen LogP contribution is -2.10. The van der Waals surface area contributed by atoms with Crippen molar-refractivity contribution in [1.29, 1.82) is 0 Å². The molecule has 0 bridgehead atoms. The molecule has 0 fully saturated rings. The maximum atomic E-state index is 11.0. The second-order valence-corrected chi connectivity index (χ2v) is 4.23. The predicted molar refractivity (Wildman–Crippen MR) is 65.0 cm³/mol. The van der Waals surface area contributed by atoms with Gasteiger partial charge in [0.15, 0.2) is 5.75 Å². The second kappa shape index (κ2) is 4.53. The molecule has 0 amide bonds. The molecule has 17 heavy (non-hydrogen) atoms. The Hall–Kier alpha value is -1.91. The Morgan fingerprint density at radius 1 is 1.47 bits per heavy atom. The molecule has 1 aliphatic rings. The lowest BCUT2D eigenvalue weighted by atomic mass is 10.0. The van der Waals surface area contributed by atoms with Gasteiger partial charge in [0.1, 0.15) is 0 Å². The molecule has 0 aromatic heterocycles. The first kappa shape index (κ1) is 11.6. The number of aliphatic imine (C=N–C) groups is 1. The van der Waals surface area contributed by atoms with E-state index in [4.69, 9.17) is 4.74 Å². The molecule has 0 N–H and O–H groups in total. The molecule has 5 nitrogen and oxygen atoms in total. The first-order chi connectivity index (χ1) is 8.08. The molecule has 0 aliphatic carbocycles. The standard InChI is InChI=1S/C12H14N2O3/c1-8(2)17-12-6-9-3-4-13-7-10(9)5-11(12)14(15)16/h5-8H,3-4H2,1-2H3. The minimum Gasteiger partial charge on any atom is -0.484 e. The minimum absolute atomic E-state index is 0.00537. The molecule has 0 unspecified atom stereocenters. The summed E-state index contributed by atoms with van der Waals surface area (Å²) in [6.45, 7) is 4.43. The maximum absolute atomic E-state index is 11.0. The number of nitrogens with zero attached hydrogens (tertiary/aromatic N) is 2. The van der Waals surface area contributed by atoms with Crippen LogP contribution in [0.25, 0.3) is 0 Å². The van der Waals surface area contributed by atoms with Gasteiger partial charge in [-0.3, -0.25) is 15.1 Å². The Morgan fingerprint density at radius 3 is 2.88 bits per heavy atom. The molecule has 0 saturated heterocycles. The van der Waals surface area contributed by atoms with Crippen LogP contribution >= 0.6 is 0 Å². The van der Waals surface area contributed by atoms with Crippen LogP contribution < -0.4 is 4.74 Å². The van der Waals surface area contributed by atoms with Crippen molar-refractivity contribution >= 4 is 11.9 Å². The van der Waals surface area contributed by atoms with Gasteiger partial charge in [0, 0.05) is 24.4 Å². The second-order valence-electron chi connectivity index (χ2n) is 4.23. The van der Waals surface area contributed by atoms with Crippen LogP contribution in [0.3, 0.4) is 0 Å². The molecule has 1 heterocycles. The van der Waals surface area contributed by atoms with Gasteiger partial charge in [0.05, 0.1) is 11.0 Å². The fourth-order valence-corrected chi connectivity index (χ4v) is 1.80. The van der Waals surface area contributed by atoms with Crippen molar-refractivity contribution < 1.29 is 9.66 Å². The van der Waals surface area contributed by atoms with Crippen LogP contribution in [0.15, 0.2) is 17.1 Å². The van der Waals surface area contributed by atoms with Crippen LogP contribution in [-0.2, 0) is 6.42 Å². The van der Waals surface area contributed by atoms with E-state index in [1.54, 1.807) is 12.3 Å². The number of benzene rings is 1. The third kappa shape index (κ3) is 2.43. The number of nitro benzene ring substituents is 1. The third-order valence-electron chi connectivity index (χ3n) is 2.52. The molecular formula is C12H14N2O3. The zero-order chi connectivity index (χ0) is 12.4. The van der Waals surface area contributed by atoms with Crippen LogP contribution in [0.2, 0.25) is 0 Å². The number of hydrogen-bond acceptors (Lipinski definition) is 4. The van der Waals surface area contributed by atoms with Gasteiger partial charge in [-0.05, 0) is 31.9 Å². The van der Waals surface area contributed by atoms with E-state index in [1.807, 2.05) is 13.8 Å². The maximum Gasteiger partial charge on any atom is 0.311 e. The van der Waals surface area contributed by atoms with Gasteiger partial charge in [-0.25, -0.2) is 0 Å². The van der Waals surface area contributed by atoms with E-state index in [0.717, 1.165) is 24.1 Å². The van der Waals surface area contributed by atoms with Gasteiger partial charge < -0.3 is 4.74 Å². The fraction of sp³-hybridized carbons (Fsp3) is 0.417. The summed E-state index contributed by atoms with van der Waals surface area (Å²) in [5.41, 5.74) is 1.88. The highest BCUT2D eigenvalue weighted by Gasteiger charge is 2.20. The first-order valence-electron chi connectivity index (χ1n) is 5.55. The summed E-state index contributed by atoms with van der Waals surface area (Å²) >= 11 is 0. The molecule has 0 spiro atoms. The van der Waals surface area contributed by atoms with E-state index in [9.17, 15) is 10.1 Å². The predicted octanol–water partition coefficient (Wildman–Crippen LogP) is 2.36. The van der Waals surface area contributed by atoms with Gasteiger partial charge in [-0.15, -0.1) is 0 Å². The monoisotopic (exact) mass is 234 g/mol. The Morgan fingerprint density at radius 2 is 2.24 bits per heavy atom. The fourth-order valence-electron chi connectivity index (χ4n) is 1.80. The van der Waals surface area contributed by atoms with Gasteiger partial charge in [-0.2, -0.15) is 0 Å². The minimum atomic E-state index is -0.416. The van der Waals surface area contributed by atoms with E-state index in [1.165, 1.54) is 6.07 Å². The SMILES string of the molecule is CC(C)Oc1cc2c(cc1[N+](=O)[O-])C=NCC2. The highest BCUT2D eigenvalue weighted by atomic mass is 16.6. The molecule has 2 rings (SSSR count). The lowest BCUT2D eigenvalue weighted by Gasteiger charge is -2.14. The molecule has 1 aliphatic heterocycles. The van der Waals surface area contributed by atoms with Crippen molar-refractivity contribution in [3.05, 3.63) is 33.4 Å². The number of rotatable bonds is 3. The largest absolute Gasteiger partial charge is 0.484 e. The van der Waals surface area contributed by atoms with E-state index >= 15 is 0 Å². The topological polar surface area (TPSA) is 64.7 Å². The molecule has 0 atom stereocenters. The van der Waals surface area contributed by atoms with Crippen LogP contribution in [0.4, 0.5) is 5.69 Å². The first-order valence-corrected chi connectivity index (χ1v) is 5.55. The van der Waals surface area contributed by atoms with Gasteiger partial charge >= 0.3 is 5.69 Å². The Labute approximate surface area is 99.3 Å². The van der Waals surface area contributed by atoms with Crippen molar-refractivity contribution in [2.75, 3.05) is 6.54 Å². The summed E-state index contributed by atoms with van der Waals surface area (Å²) in [6, 6.07) is 3.30. The molecule has 0 radical (unpaired) electrons. The van der Waals surface area contributed by atoms with E-state index in [2.05, 4.69) is 4.99 Å². The summed E-state index contributed by atoms with van der Waals surface area (Å²) in [4.78, 5) is 14.7. The molecular weight excluding hydrogens is 220 g/mol. The normalized spacial score (nSPS) is 13.6. The average Bonchev–Trinajstić information content (AvgIpc) is 2.27. The van der Waals surface area contributed by atoms with Crippen molar-refractivity contribution in [3.8, 4) is 5.75 Å². The smallest absolute Gasteiger partial charge is 0.311 e. The summed E-state index contributed by atoms with van der Waals surface area (Å²) in [5.74, 6) is 0.346. The van der Waals surface area contributed by atoms with Gasteiger partial charge in [0.25, 0.3) is 0 Å². The Kier molecular flexibility index (Phi) is 3.08. The number of ether oxygens (including phenoxy) is 1. The highest BCUT2D eigenvalue weighted by Crippen LogP contribution is 2.32. The number of nitro groups is 1. The summed E-state index contributed by atoms with van der Waals surface area (Å²) in [6.07, 6.45) is 2.41. The summed E-state index contributed by atoms with van der Waals surface area (Å²) < 4.78 is 5.49. The lowest BCUT2D eigenvalue weighted by molar-refractivity contribution is -0.386. The van der Waals surface area contributed by atoms with Crippen molar-refractivity contribution in [1.82, 2.24) is 0 Å². The highest BCUT2D eigenvalue weighted by molar-refractivity contribution is 5.85. The van der Waals surface area contributed by atoms with Crippen LogP contribution in [0.1, 0.15) is 25.0 Å². The van der Waals surface area contributed by atoms with Crippen LogP contribution in [0.5, 0.6) is 5.75 Å². The molecule has 90 valence electrons. The van der Waals surface area contributed by atoms with Gasteiger partial charge in [0.2, 0.25) is 0 Å². The van der Waals surface area contributed by atoms with Crippen LogP contribution in [0, 0.1) is 10.1 Å².